The van der Waals surface area contributed by atoms with E-state index in [9.17, 15) is 0 Å². The summed E-state index contributed by atoms with van der Waals surface area (Å²) in [6.45, 7) is 9.08. The summed E-state index contributed by atoms with van der Waals surface area (Å²) in [5, 5.41) is 0. The molecule has 136 valence electrons. The highest BCUT2D eigenvalue weighted by Gasteiger charge is 2.17. The first kappa shape index (κ1) is 19.6. The molecule has 0 radical (unpaired) electrons. The van der Waals surface area contributed by atoms with Crippen molar-refractivity contribution < 1.29 is 4.74 Å². The van der Waals surface area contributed by atoms with E-state index in [2.05, 4.69) is 76.2 Å². The standard InChI is InChI=1S/C24H34O/c1-5-13-19(7-3)21-15-9-11-17-23(21)25-24-18-12-10-16-22(24)20(8-4)14-6-2/h9-12,15-20H,5-8,13-14H2,1-4H3/t19-,20-/m1/s1. The first-order chi connectivity index (χ1) is 12.2. The van der Waals surface area contributed by atoms with Crippen LogP contribution in [0.5, 0.6) is 11.5 Å². The van der Waals surface area contributed by atoms with Crippen molar-refractivity contribution in [1.29, 1.82) is 0 Å². The third kappa shape index (κ3) is 5.11. The number of rotatable bonds is 10. The summed E-state index contributed by atoms with van der Waals surface area (Å²) in [4.78, 5) is 0. The zero-order valence-electron chi connectivity index (χ0n) is 16.4. The average molecular weight is 339 g/mol. The van der Waals surface area contributed by atoms with Crippen LogP contribution in [0, 0.1) is 0 Å². The van der Waals surface area contributed by atoms with Gasteiger partial charge >= 0.3 is 0 Å². The van der Waals surface area contributed by atoms with Crippen molar-refractivity contribution >= 4 is 0 Å². The molecule has 2 rings (SSSR count). The lowest BCUT2D eigenvalue weighted by Crippen LogP contribution is -2.03. The van der Waals surface area contributed by atoms with Gasteiger partial charge in [0.1, 0.15) is 11.5 Å². The fourth-order valence-electron chi connectivity index (χ4n) is 3.80. The highest BCUT2D eigenvalue weighted by Crippen LogP contribution is 2.38. The quantitative estimate of drug-likeness (QED) is 0.425. The van der Waals surface area contributed by atoms with Crippen LogP contribution in [0.25, 0.3) is 0 Å². The molecule has 0 saturated heterocycles. The van der Waals surface area contributed by atoms with Crippen LogP contribution in [0.2, 0.25) is 0 Å². The summed E-state index contributed by atoms with van der Waals surface area (Å²) in [5.41, 5.74) is 2.70. The summed E-state index contributed by atoms with van der Waals surface area (Å²) >= 11 is 0. The van der Waals surface area contributed by atoms with Crippen molar-refractivity contribution in [2.45, 2.75) is 78.1 Å². The van der Waals surface area contributed by atoms with Crippen molar-refractivity contribution in [3.63, 3.8) is 0 Å². The molecule has 0 spiro atoms. The van der Waals surface area contributed by atoms with E-state index >= 15 is 0 Å². The monoisotopic (exact) mass is 338 g/mol. The summed E-state index contributed by atoms with van der Waals surface area (Å²) in [7, 11) is 0. The molecule has 0 amide bonds. The lowest BCUT2D eigenvalue weighted by atomic mass is 9.90. The molecule has 0 aliphatic rings. The first-order valence-electron chi connectivity index (χ1n) is 10.1. The maximum atomic E-state index is 6.50. The summed E-state index contributed by atoms with van der Waals surface area (Å²) in [5.74, 6) is 3.21. The Morgan fingerprint density at radius 3 is 1.40 bits per heavy atom. The van der Waals surface area contributed by atoms with Crippen LogP contribution in [-0.2, 0) is 0 Å². The molecule has 0 unspecified atom stereocenters. The highest BCUT2D eigenvalue weighted by molar-refractivity contribution is 5.44. The van der Waals surface area contributed by atoms with Crippen LogP contribution in [0.3, 0.4) is 0 Å². The van der Waals surface area contributed by atoms with E-state index in [0.29, 0.717) is 11.8 Å². The van der Waals surface area contributed by atoms with Gasteiger partial charge in [-0.25, -0.2) is 0 Å². The smallest absolute Gasteiger partial charge is 0.130 e. The van der Waals surface area contributed by atoms with E-state index in [1.54, 1.807) is 0 Å². The Morgan fingerprint density at radius 2 is 1.04 bits per heavy atom. The molecule has 1 heteroatoms. The Balaban J connectivity index is 2.35. The summed E-state index contributed by atoms with van der Waals surface area (Å²) < 4.78 is 6.50. The van der Waals surface area contributed by atoms with Gasteiger partial charge in [-0.2, -0.15) is 0 Å². The SMILES string of the molecule is CCC[C@@H](CC)c1ccccc1Oc1ccccc1[C@H](CC)CCC. The molecular formula is C24H34O. The van der Waals surface area contributed by atoms with Gasteiger partial charge in [-0.1, -0.05) is 76.9 Å². The normalized spacial score (nSPS) is 13.4. The molecule has 2 aromatic rings. The third-order valence-electron chi connectivity index (χ3n) is 5.20. The van der Waals surface area contributed by atoms with Crippen molar-refractivity contribution in [2.75, 3.05) is 0 Å². The Morgan fingerprint density at radius 1 is 0.640 bits per heavy atom. The molecule has 0 aromatic heterocycles. The van der Waals surface area contributed by atoms with Gasteiger partial charge in [0.15, 0.2) is 0 Å². The summed E-state index contributed by atoms with van der Waals surface area (Å²) in [6.07, 6.45) is 7.15. The molecule has 2 aromatic carbocycles. The minimum Gasteiger partial charge on any atom is -0.457 e. The van der Waals surface area contributed by atoms with E-state index < -0.39 is 0 Å². The maximum absolute atomic E-state index is 6.50. The number of ether oxygens (including phenoxy) is 1. The van der Waals surface area contributed by atoms with E-state index in [1.165, 1.54) is 36.8 Å². The van der Waals surface area contributed by atoms with Gasteiger partial charge in [-0.15, -0.1) is 0 Å². The van der Waals surface area contributed by atoms with Crippen LogP contribution < -0.4 is 4.74 Å². The van der Waals surface area contributed by atoms with Crippen molar-refractivity contribution in [2.24, 2.45) is 0 Å². The van der Waals surface area contributed by atoms with Crippen LogP contribution >= 0.6 is 0 Å². The molecule has 2 atom stereocenters. The number of para-hydroxylation sites is 2. The van der Waals surface area contributed by atoms with Gasteiger partial charge in [0.2, 0.25) is 0 Å². The minimum atomic E-state index is 0.575. The molecule has 1 nitrogen and oxygen atoms in total. The van der Waals surface area contributed by atoms with Gasteiger partial charge < -0.3 is 4.74 Å². The van der Waals surface area contributed by atoms with Gasteiger partial charge in [-0.05, 0) is 60.8 Å². The molecule has 0 bridgehead atoms. The third-order valence-corrected chi connectivity index (χ3v) is 5.20. The molecular weight excluding hydrogens is 304 g/mol. The molecule has 0 aliphatic heterocycles. The van der Waals surface area contributed by atoms with Crippen molar-refractivity contribution in [3.8, 4) is 11.5 Å². The zero-order chi connectivity index (χ0) is 18.1. The molecule has 0 heterocycles. The minimum absolute atomic E-state index is 0.575. The fourth-order valence-corrected chi connectivity index (χ4v) is 3.80. The Hall–Kier alpha value is -1.76. The van der Waals surface area contributed by atoms with Crippen LogP contribution in [0.15, 0.2) is 48.5 Å². The molecule has 0 saturated carbocycles. The Labute approximate surface area is 154 Å². The van der Waals surface area contributed by atoms with Crippen molar-refractivity contribution in [3.05, 3.63) is 59.7 Å². The Kier molecular flexibility index (Phi) is 8.04. The van der Waals surface area contributed by atoms with Crippen LogP contribution in [-0.4, -0.2) is 0 Å². The molecule has 0 fully saturated rings. The Bertz CT molecular complexity index is 576. The predicted octanol–water partition coefficient (Wildman–Crippen LogP) is 8.07. The lowest BCUT2D eigenvalue weighted by Gasteiger charge is -2.22. The summed E-state index contributed by atoms with van der Waals surface area (Å²) in [6, 6.07) is 17.2. The first-order valence-corrected chi connectivity index (χ1v) is 10.1. The van der Waals surface area contributed by atoms with Gasteiger partial charge in [-0.3, -0.25) is 0 Å². The maximum Gasteiger partial charge on any atom is 0.130 e. The van der Waals surface area contributed by atoms with Crippen LogP contribution in [0.4, 0.5) is 0 Å². The largest absolute Gasteiger partial charge is 0.457 e. The van der Waals surface area contributed by atoms with E-state index in [-0.39, 0.29) is 0 Å². The van der Waals surface area contributed by atoms with Gasteiger partial charge in [0.25, 0.3) is 0 Å². The predicted molar refractivity (Wildman–Crippen MR) is 109 cm³/mol. The second-order valence-corrected chi connectivity index (χ2v) is 6.97. The number of benzene rings is 2. The van der Waals surface area contributed by atoms with Gasteiger partial charge in [0.05, 0.1) is 0 Å². The van der Waals surface area contributed by atoms with Crippen LogP contribution in [0.1, 0.15) is 89.2 Å². The van der Waals surface area contributed by atoms with Crippen molar-refractivity contribution in [1.82, 2.24) is 0 Å². The van der Waals surface area contributed by atoms with Gasteiger partial charge in [0, 0.05) is 0 Å². The number of hydrogen-bond acceptors (Lipinski definition) is 1. The topological polar surface area (TPSA) is 9.23 Å². The van der Waals surface area contributed by atoms with E-state index in [4.69, 9.17) is 4.74 Å². The zero-order valence-corrected chi connectivity index (χ0v) is 16.4. The molecule has 25 heavy (non-hydrogen) atoms. The average Bonchev–Trinajstić information content (AvgIpc) is 2.65. The lowest BCUT2D eigenvalue weighted by molar-refractivity contribution is 0.447. The second-order valence-electron chi connectivity index (χ2n) is 6.97. The number of hydrogen-bond donors (Lipinski definition) is 0. The van der Waals surface area contributed by atoms with E-state index in [1.807, 2.05) is 0 Å². The second kappa shape index (κ2) is 10.3. The molecule has 0 N–H and O–H groups in total. The van der Waals surface area contributed by atoms with E-state index in [0.717, 1.165) is 24.3 Å². The fraction of sp³-hybridized carbons (Fsp3) is 0.500. The highest BCUT2D eigenvalue weighted by atomic mass is 16.5. The molecule has 0 aliphatic carbocycles.